The fourth-order valence-electron chi connectivity index (χ4n) is 3.78. The molecule has 2 aliphatic heterocycles. The zero-order valence-corrected chi connectivity index (χ0v) is 19.9. The molecule has 0 unspecified atom stereocenters. The molecule has 0 aliphatic carbocycles. The highest BCUT2D eigenvalue weighted by Gasteiger charge is 2.30. The van der Waals surface area contributed by atoms with Crippen molar-refractivity contribution in [3.8, 4) is 5.75 Å². The SMILES string of the molecule is O=C1c2cnc(Nc3ccc(OC4CCNCC4)cc3)nc2SCN1c1c(Cl)cccc1Cl. The minimum atomic E-state index is -0.232. The topological polar surface area (TPSA) is 79.4 Å². The number of fused-ring (bicyclic) bond motifs is 1. The van der Waals surface area contributed by atoms with Gasteiger partial charge in [0.25, 0.3) is 5.91 Å². The van der Waals surface area contributed by atoms with Crippen molar-refractivity contribution in [3.05, 3.63) is 64.3 Å². The van der Waals surface area contributed by atoms with Crippen LogP contribution < -0.4 is 20.3 Å². The van der Waals surface area contributed by atoms with E-state index in [0.29, 0.717) is 38.1 Å². The molecular weight excluding hydrogens is 481 g/mol. The van der Waals surface area contributed by atoms with Gasteiger partial charge in [-0.2, -0.15) is 0 Å². The summed E-state index contributed by atoms with van der Waals surface area (Å²) in [7, 11) is 0. The lowest BCUT2D eigenvalue weighted by Crippen LogP contribution is -2.35. The number of thioether (sulfide) groups is 1. The molecule has 0 saturated carbocycles. The normalized spacial score (nSPS) is 16.4. The number of para-hydroxylation sites is 1. The number of rotatable bonds is 5. The molecule has 5 rings (SSSR count). The molecule has 10 heteroatoms. The summed E-state index contributed by atoms with van der Waals surface area (Å²) < 4.78 is 6.05. The van der Waals surface area contributed by atoms with Gasteiger partial charge in [0.1, 0.15) is 16.9 Å². The van der Waals surface area contributed by atoms with Crippen LogP contribution in [0, 0.1) is 0 Å². The highest BCUT2D eigenvalue weighted by molar-refractivity contribution is 7.99. The molecule has 2 N–H and O–H groups in total. The minimum Gasteiger partial charge on any atom is -0.490 e. The second-order valence-corrected chi connectivity index (χ2v) is 9.45. The number of halogens is 2. The first-order valence-corrected chi connectivity index (χ1v) is 12.3. The molecule has 0 bridgehead atoms. The third-order valence-electron chi connectivity index (χ3n) is 5.47. The van der Waals surface area contributed by atoms with Crippen molar-refractivity contribution in [3.63, 3.8) is 0 Å². The second-order valence-electron chi connectivity index (χ2n) is 7.71. The summed E-state index contributed by atoms with van der Waals surface area (Å²) in [6.45, 7) is 1.98. The summed E-state index contributed by atoms with van der Waals surface area (Å²) in [4.78, 5) is 23.5. The van der Waals surface area contributed by atoms with Crippen LogP contribution in [0.5, 0.6) is 5.75 Å². The standard InChI is InChI=1S/C23H21Cl2N5O2S/c24-18-2-1-3-19(25)20(18)30-13-33-21-17(22(30)31)12-27-23(29-21)28-14-4-6-15(7-5-14)32-16-8-10-26-11-9-16/h1-7,12,16,26H,8-11,13H2,(H,27,28,29). The first-order chi connectivity index (χ1) is 16.1. The Morgan fingerprint density at radius 1 is 1.09 bits per heavy atom. The van der Waals surface area contributed by atoms with Crippen LogP contribution in [0.15, 0.2) is 53.7 Å². The summed E-state index contributed by atoms with van der Waals surface area (Å²) in [5.41, 5.74) is 1.75. The Balaban J connectivity index is 1.28. The van der Waals surface area contributed by atoms with Gasteiger partial charge < -0.3 is 15.4 Å². The van der Waals surface area contributed by atoms with Crippen molar-refractivity contribution in [2.45, 2.75) is 24.0 Å². The molecule has 3 heterocycles. The summed E-state index contributed by atoms with van der Waals surface area (Å²) >= 11 is 14.0. The predicted octanol–water partition coefficient (Wildman–Crippen LogP) is 5.37. The summed E-state index contributed by atoms with van der Waals surface area (Å²) in [6, 6.07) is 12.9. The van der Waals surface area contributed by atoms with E-state index in [-0.39, 0.29) is 12.0 Å². The fraction of sp³-hybridized carbons (Fsp3) is 0.261. The summed E-state index contributed by atoms with van der Waals surface area (Å²) in [5.74, 6) is 1.39. The van der Waals surface area contributed by atoms with Crippen molar-refractivity contribution in [1.29, 1.82) is 0 Å². The second kappa shape index (κ2) is 9.77. The zero-order chi connectivity index (χ0) is 22.8. The maximum atomic E-state index is 13.1. The molecule has 0 atom stereocenters. The van der Waals surface area contributed by atoms with Crippen molar-refractivity contribution in [1.82, 2.24) is 15.3 Å². The number of amides is 1. The molecule has 2 aromatic carbocycles. The average molecular weight is 502 g/mol. The van der Waals surface area contributed by atoms with Crippen LogP contribution >= 0.6 is 35.0 Å². The fourth-order valence-corrected chi connectivity index (χ4v) is 5.32. The smallest absolute Gasteiger partial charge is 0.263 e. The van der Waals surface area contributed by atoms with Gasteiger partial charge >= 0.3 is 0 Å². The number of hydrogen-bond acceptors (Lipinski definition) is 7. The highest BCUT2D eigenvalue weighted by atomic mass is 35.5. The van der Waals surface area contributed by atoms with Crippen LogP contribution in [0.4, 0.5) is 17.3 Å². The number of carbonyl (C=O) groups is 1. The molecule has 0 radical (unpaired) electrons. The van der Waals surface area contributed by atoms with E-state index < -0.39 is 0 Å². The molecule has 1 fully saturated rings. The third kappa shape index (κ3) is 4.89. The van der Waals surface area contributed by atoms with Crippen LogP contribution in [0.1, 0.15) is 23.2 Å². The number of carbonyl (C=O) groups excluding carboxylic acids is 1. The molecule has 33 heavy (non-hydrogen) atoms. The van der Waals surface area contributed by atoms with Gasteiger partial charge in [-0.05, 0) is 62.3 Å². The lowest BCUT2D eigenvalue weighted by molar-refractivity contribution is 0.0985. The largest absolute Gasteiger partial charge is 0.490 e. The predicted molar refractivity (Wildman–Crippen MR) is 132 cm³/mol. The van der Waals surface area contributed by atoms with Crippen molar-refractivity contribution in [2.75, 3.05) is 29.2 Å². The Bertz CT molecular complexity index is 1150. The molecule has 3 aromatic rings. The van der Waals surface area contributed by atoms with Gasteiger partial charge in [-0.15, -0.1) is 0 Å². The lowest BCUT2D eigenvalue weighted by atomic mass is 10.1. The first kappa shape index (κ1) is 22.3. The number of benzene rings is 2. The van der Waals surface area contributed by atoms with Gasteiger partial charge in [-0.3, -0.25) is 9.69 Å². The molecular formula is C23H21Cl2N5O2S. The number of hydrogen-bond donors (Lipinski definition) is 2. The quantitative estimate of drug-likeness (QED) is 0.455. The number of nitrogens with zero attached hydrogens (tertiary/aromatic N) is 3. The van der Waals surface area contributed by atoms with E-state index in [4.69, 9.17) is 27.9 Å². The lowest BCUT2D eigenvalue weighted by Gasteiger charge is -2.28. The first-order valence-electron chi connectivity index (χ1n) is 10.6. The van der Waals surface area contributed by atoms with Crippen LogP contribution in [-0.2, 0) is 0 Å². The van der Waals surface area contributed by atoms with E-state index in [1.165, 1.54) is 18.0 Å². The minimum absolute atomic E-state index is 0.232. The van der Waals surface area contributed by atoms with E-state index in [9.17, 15) is 4.79 Å². The maximum absolute atomic E-state index is 13.1. The number of nitrogens with one attached hydrogen (secondary N) is 2. The molecule has 7 nitrogen and oxygen atoms in total. The Morgan fingerprint density at radius 2 is 1.82 bits per heavy atom. The van der Waals surface area contributed by atoms with Gasteiger partial charge in [-0.1, -0.05) is 41.0 Å². The third-order valence-corrected chi connectivity index (χ3v) is 7.05. The Kier molecular flexibility index (Phi) is 6.59. The van der Waals surface area contributed by atoms with E-state index >= 15 is 0 Å². The zero-order valence-electron chi connectivity index (χ0n) is 17.6. The van der Waals surface area contributed by atoms with Crippen molar-refractivity contribution >= 4 is 58.2 Å². The number of aromatic nitrogens is 2. The monoisotopic (exact) mass is 501 g/mol. The van der Waals surface area contributed by atoms with E-state index in [2.05, 4.69) is 20.6 Å². The van der Waals surface area contributed by atoms with Gasteiger partial charge in [0.2, 0.25) is 5.95 Å². The Hall–Kier alpha value is -2.52. The van der Waals surface area contributed by atoms with Gasteiger partial charge in [0, 0.05) is 11.9 Å². The molecule has 170 valence electrons. The van der Waals surface area contributed by atoms with Crippen LogP contribution in [-0.4, -0.2) is 40.9 Å². The number of piperidine rings is 1. The highest BCUT2D eigenvalue weighted by Crippen LogP contribution is 2.39. The molecule has 2 aliphatic rings. The Labute approximate surface area is 205 Å². The van der Waals surface area contributed by atoms with Gasteiger partial charge in [0.15, 0.2) is 0 Å². The van der Waals surface area contributed by atoms with Gasteiger partial charge in [0.05, 0.1) is 27.2 Å². The van der Waals surface area contributed by atoms with Crippen LogP contribution in [0.2, 0.25) is 10.0 Å². The molecule has 1 aromatic heterocycles. The van der Waals surface area contributed by atoms with Gasteiger partial charge in [-0.25, -0.2) is 9.97 Å². The van der Waals surface area contributed by atoms with Crippen LogP contribution in [0.3, 0.4) is 0 Å². The molecule has 1 saturated heterocycles. The molecule has 1 amide bonds. The number of ether oxygens (including phenoxy) is 1. The summed E-state index contributed by atoms with van der Waals surface area (Å²) in [6.07, 6.45) is 3.81. The van der Waals surface area contributed by atoms with Crippen molar-refractivity contribution in [2.24, 2.45) is 0 Å². The van der Waals surface area contributed by atoms with E-state index in [0.717, 1.165) is 37.4 Å². The Morgan fingerprint density at radius 3 is 2.55 bits per heavy atom. The van der Waals surface area contributed by atoms with Crippen LogP contribution in [0.25, 0.3) is 0 Å². The molecule has 0 spiro atoms. The van der Waals surface area contributed by atoms with E-state index in [1.807, 2.05) is 24.3 Å². The average Bonchev–Trinajstić information content (AvgIpc) is 2.82. The summed E-state index contributed by atoms with van der Waals surface area (Å²) in [5, 5.41) is 7.99. The van der Waals surface area contributed by atoms with Crippen molar-refractivity contribution < 1.29 is 9.53 Å². The van der Waals surface area contributed by atoms with E-state index in [1.54, 1.807) is 23.1 Å². The number of anilines is 3. The maximum Gasteiger partial charge on any atom is 0.263 e.